The van der Waals surface area contributed by atoms with Crippen LogP contribution in [0.15, 0.2) is 24.3 Å². The average molecular weight is 243 g/mol. The second-order valence-electron chi connectivity index (χ2n) is 4.92. The molecule has 2 heterocycles. The molecule has 1 aliphatic rings. The van der Waals surface area contributed by atoms with Crippen LogP contribution in [0.5, 0.6) is 0 Å². The molecular weight excluding hydrogens is 226 g/mol. The van der Waals surface area contributed by atoms with Crippen LogP contribution in [0.25, 0.3) is 10.9 Å². The molecule has 0 radical (unpaired) electrons. The Labute approximate surface area is 106 Å². The SMILES string of the molecule is Cn1nc(CC2CCCNC2=O)c2ccccc21. The number of hydrogen-bond acceptors (Lipinski definition) is 2. The van der Waals surface area contributed by atoms with E-state index in [4.69, 9.17) is 0 Å². The number of amides is 1. The topological polar surface area (TPSA) is 46.9 Å². The van der Waals surface area contributed by atoms with Crippen molar-refractivity contribution in [3.05, 3.63) is 30.0 Å². The molecule has 1 aromatic heterocycles. The molecule has 1 unspecified atom stereocenters. The predicted molar refractivity (Wildman–Crippen MR) is 70.2 cm³/mol. The fraction of sp³-hybridized carbons (Fsp3) is 0.429. The molecule has 18 heavy (non-hydrogen) atoms. The Morgan fingerprint density at radius 3 is 3.11 bits per heavy atom. The van der Waals surface area contributed by atoms with E-state index in [2.05, 4.69) is 22.5 Å². The summed E-state index contributed by atoms with van der Waals surface area (Å²) in [5.41, 5.74) is 2.17. The van der Waals surface area contributed by atoms with Gasteiger partial charge in [-0.3, -0.25) is 9.48 Å². The van der Waals surface area contributed by atoms with Crippen LogP contribution in [0, 0.1) is 5.92 Å². The molecule has 3 rings (SSSR count). The summed E-state index contributed by atoms with van der Waals surface area (Å²) < 4.78 is 1.89. The lowest BCUT2D eigenvalue weighted by Gasteiger charge is -2.20. The Morgan fingerprint density at radius 2 is 2.28 bits per heavy atom. The Kier molecular flexibility index (Phi) is 2.78. The van der Waals surface area contributed by atoms with E-state index < -0.39 is 0 Å². The number of nitrogens with zero attached hydrogens (tertiary/aromatic N) is 2. The molecule has 1 fully saturated rings. The Morgan fingerprint density at radius 1 is 1.44 bits per heavy atom. The summed E-state index contributed by atoms with van der Waals surface area (Å²) in [5, 5.41) is 8.65. The quantitative estimate of drug-likeness (QED) is 0.871. The summed E-state index contributed by atoms with van der Waals surface area (Å²) in [6.07, 6.45) is 2.78. The lowest BCUT2D eigenvalue weighted by molar-refractivity contribution is -0.126. The highest BCUT2D eigenvalue weighted by atomic mass is 16.1. The Hall–Kier alpha value is -1.84. The smallest absolute Gasteiger partial charge is 0.223 e. The summed E-state index contributed by atoms with van der Waals surface area (Å²) in [5.74, 6) is 0.257. The normalized spacial score (nSPS) is 20.1. The zero-order valence-electron chi connectivity index (χ0n) is 10.5. The third-order valence-corrected chi connectivity index (χ3v) is 3.67. The minimum Gasteiger partial charge on any atom is -0.356 e. The summed E-state index contributed by atoms with van der Waals surface area (Å²) in [7, 11) is 1.95. The van der Waals surface area contributed by atoms with E-state index in [1.54, 1.807) is 0 Å². The molecule has 2 aromatic rings. The van der Waals surface area contributed by atoms with E-state index in [0.717, 1.165) is 37.0 Å². The molecule has 94 valence electrons. The third kappa shape index (κ3) is 1.88. The summed E-state index contributed by atoms with van der Waals surface area (Å²) in [4.78, 5) is 11.8. The Balaban J connectivity index is 1.92. The number of hydrogen-bond donors (Lipinski definition) is 1. The Bertz CT molecular complexity index is 588. The minimum absolute atomic E-state index is 0.0806. The van der Waals surface area contributed by atoms with E-state index in [9.17, 15) is 4.79 Å². The molecule has 0 saturated carbocycles. The highest BCUT2D eigenvalue weighted by molar-refractivity contribution is 5.84. The van der Waals surface area contributed by atoms with Crippen molar-refractivity contribution in [2.24, 2.45) is 13.0 Å². The van der Waals surface area contributed by atoms with Crippen LogP contribution >= 0.6 is 0 Å². The number of carbonyl (C=O) groups excluding carboxylic acids is 1. The predicted octanol–water partition coefficient (Wildman–Crippen LogP) is 1.64. The van der Waals surface area contributed by atoms with Gasteiger partial charge >= 0.3 is 0 Å². The van der Waals surface area contributed by atoms with E-state index in [0.29, 0.717) is 0 Å². The van der Waals surface area contributed by atoms with Crippen molar-refractivity contribution >= 4 is 16.8 Å². The van der Waals surface area contributed by atoms with Gasteiger partial charge in [-0.05, 0) is 18.9 Å². The van der Waals surface area contributed by atoms with E-state index in [-0.39, 0.29) is 11.8 Å². The number of benzene rings is 1. The molecule has 0 bridgehead atoms. The summed E-state index contributed by atoms with van der Waals surface area (Å²) >= 11 is 0. The van der Waals surface area contributed by atoms with Crippen molar-refractivity contribution < 1.29 is 4.79 Å². The molecule has 1 amide bonds. The van der Waals surface area contributed by atoms with Gasteiger partial charge in [-0.25, -0.2) is 0 Å². The molecule has 1 aromatic carbocycles. The van der Waals surface area contributed by atoms with Gasteiger partial charge < -0.3 is 5.32 Å². The van der Waals surface area contributed by atoms with E-state index >= 15 is 0 Å². The second-order valence-corrected chi connectivity index (χ2v) is 4.92. The first-order chi connectivity index (χ1) is 8.75. The van der Waals surface area contributed by atoms with Crippen LogP contribution in [-0.2, 0) is 18.3 Å². The molecular formula is C14H17N3O. The minimum atomic E-state index is 0.0806. The van der Waals surface area contributed by atoms with E-state index in [1.165, 1.54) is 5.39 Å². The monoisotopic (exact) mass is 243 g/mol. The van der Waals surface area contributed by atoms with Crippen LogP contribution in [-0.4, -0.2) is 22.2 Å². The molecule has 1 saturated heterocycles. The van der Waals surface area contributed by atoms with Crippen molar-refractivity contribution in [1.82, 2.24) is 15.1 Å². The first kappa shape index (κ1) is 11.3. The first-order valence-electron chi connectivity index (χ1n) is 6.44. The number of rotatable bonds is 2. The molecule has 0 spiro atoms. The number of nitrogens with one attached hydrogen (secondary N) is 1. The molecule has 4 nitrogen and oxygen atoms in total. The number of aromatic nitrogens is 2. The molecule has 0 aliphatic carbocycles. The fourth-order valence-corrected chi connectivity index (χ4v) is 2.70. The number of para-hydroxylation sites is 1. The lowest BCUT2D eigenvalue weighted by Crippen LogP contribution is -2.37. The van der Waals surface area contributed by atoms with Gasteiger partial charge in [0, 0.05) is 31.3 Å². The van der Waals surface area contributed by atoms with Crippen molar-refractivity contribution in [3.8, 4) is 0 Å². The van der Waals surface area contributed by atoms with Crippen molar-refractivity contribution in [3.63, 3.8) is 0 Å². The van der Waals surface area contributed by atoms with Gasteiger partial charge in [0.15, 0.2) is 0 Å². The number of fused-ring (bicyclic) bond motifs is 1. The number of carbonyl (C=O) groups is 1. The van der Waals surface area contributed by atoms with Crippen LogP contribution in [0.4, 0.5) is 0 Å². The van der Waals surface area contributed by atoms with Gasteiger partial charge in [-0.15, -0.1) is 0 Å². The molecule has 4 heteroatoms. The maximum absolute atomic E-state index is 11.8. The highest BCUT2D eigenvalue weighted by Crippen LogP contribution is 2.23. The average Bonchev–Trinajstić information content (AvgIpc) is 2.70. The highest BCUT2D eigenvalue weighted by Gasteiger charge is 2.24. The third-order valence-electron chi connectivity index (χ3n) is 3.67. The van der Waals surface area contributed by atoms with Gasteiger partial charge in [0.25, 0.3) is 0 Å². The first-order valence-corrected chi connectivity index (χ1v) is 6.44. The van der Waals surface area contributed by atoms with Crippen LogP contribution in [0.2, 0.25) is 0 Å². The molecule has 1 N–H and O–H groups in total. The maximum Gasteiger partial charge on any atom is 0.223 e. The summed E-state index contributed by atoms with van der Waals surface area (Å²) in [6, 6.07) is 8.18. The second kappa shape index (κ2) is 4.44. The largest absolute Gasteiger partial charge is 0.356 e. The summed E-state index contributed by atoms with van der Waals surface area (Å²) in [6.45, 7) is 0.818. The molecule has 1 atom stereocenters. The number of piperidine rings is 1. The van der Waals surface area contributed by atoms with Gasteiger partial charge in [0.2, 0.25) is 5.91 Å². The van der Waals surface area contributed by atoms with Crippen LogP contribution in [0.1, 0.15) is 18.5 Å². The van der Waals surface area contributed by atoms with Crippen molar-refractivity contribution in [1.29, 1.82) is 0 Å². The van der Waals surface area contributed by atoms with Crippen LogP contribution in [0.3, 0.4) is 0 Å². The molecule has 1 aliphatic heterocycles. The zero-order chi connectivity index (χ0) is 12.5. The van der Waals surface area contributed by atoms with Gasteiger partial charge in [0.05, 0.1) is 11.2 Å². The standard InChI is InChI=1S/C14H17N3O/c1-17-13-7-3-2-6-11(13)12(16-17)9-10-5-4-8-15-14(10)18/h2-3,6-7,10H,4-5,8-9H2,1H3,(H,15,18). The fourth-order valence-electron chi connectivity index (χ4n) is 2.70. The lowest BCUT2D eigenvalue weighted by atomic mass is 9.93. The van der Waals surface area contributed by atoms with Gasteiger partial charge in [-0.2, -0.15) is 5.10 Å². The van der Waals surface area contributed by atoms with Crippen LogP contribution < -0.4 is 5.32 Å². The van der Waals surface area contributed by atoms with E-state index in [1.807, 2.05) is 23.9 Å². The zero-order valence-corrected chi connectivity index (χ0v) is 10.5. The van der Waals surface area contributed by atoms with Gasteiger partial charge in [-0.1, -0.05) is 18.2 Å². The van der Waals surface area contributed by atoms with Gasteiger partial charge in [0.1, 0.15) is 0 Å². The van der Waals surface area contributed by atoms with Crippen molar-refractivity contribution in [2.45, 2.75) is 19.3 Å². The maximum atomic E-state index is 11.8. The van der Waals surface area contributed by atoms with Crippen molar-refractivity contribution in [2.75, 3.05) is 6.54 Å². The number of aryl methyl sites for hydroxylation is 1.